The van der Waals surface area contributed by atoms with Gasteiger partial charge in [-0.15, -0.1) is 0 Å². The number of aromatic hydroxyl groups is 1. The predicted molar refractivity (Wildman–Crippen MR) is 77.2 cm³/mol. The molecule has 0 saturated heterocycles. The summed E-state index contributed by atoms with van der Waals surface area (Å²) in [6.45, 7) is 0. The molecule has 0 aliphatic carbocycles. The minimum Gasteiger partial charge on any atom is -0.504 e. The zero-order valence-electron chi connectivity index (χ0n) is 10.2. The van der Waals surface area contributed by atoms with Crippen LogP contribution in [0, 0.1) is 0 Å². The molecule has 0 radical (unpaired) electrons. The van der Waals surface area contributed by atoms with Crippen molar-refractivity contribution in [2.75, 3.05) is 5.32 Å². The number of amides is 1. The molecule has 0 bridgehead atoms. The number of halogens is 1. The quantitative estimate of drug-likeness (QED) is 0.677. The molecule has 0 aliphatic heterocycles. The van der Waals surface area contributed by atoms with Gasteiger partial charge in [0.2, 0.25) is 0 Å². The van der Waals surface area contributed by atoms with Crippen LogP contribution < -0.4 is 5.32 Å². The van der Waals surface area contributed by atoms with Gasteiger partial charge in [-0.25, -0.2) is 4.98 Å². The van der Waals surface area contributed by atoms with Crippen molar-refractivity contribution < 1.29 is 9.90 Å². The molecule has 0 atom stereocenters. The van der Waals surface area contributed by atoms with E-state index in [1.807, 2.05) is 0 Å². The van der Waals surface area contributed by atoms with Gasteiger partial charge in [0.25, 0.3) is 5.91 Å². The van der Waals surface area contributed by atoms with E-state index in [0.29, 0.717) is 10.7 Å². The van der Waals surface area contributed by atoms with E-state index in [-0.39, 0.29) is 17.5 Å². The molecule has 6 heteroatoms. The number of anilines is 1. The zero-order valence-corrected chi connectivity index (χ0v) is 11.0. The molecule has 0 unspecified atom stereocenters. The Kier molecular flexibility index (Phi) is 3.04. The molecule has 0 aliphatic rings. The number of benzene rings is 1. The van der Waals surface area contributed by atoms with Crippen molar-refractivity contribution in [2.45, 2.75) is 0 Å². The van der Waals surface area contributed by atoms with Gasteiger partial charge in [-0.3, -0.25) is 4.79 Å². The number of hydrogen-bond donors (Lipinski definition) is 3. The molecule has 0 fully saturated rings. The molecule has 1 aromatic carbocycles. The van der Waals surface area contributed by atoms with Crippen molar-refractivity contribution in [1.82, 2.24) is 9.97 Å². The molecular formula is C14H10ClN3O2. The van der Waals surface area contributed by atoms with Crippen LogP contribution in [-0.2, 0) is 0 Å². The van der Waals surface area contributed by atoms with Crippen LogP contribution in [0.25, 0.3) is 10.9 Å². The monoisotopic (exact) mass is 287 g/mol. The van der Waals surface area contributed by atoms with E-state index < -0.39 is 0 Å². The average molecular weight is 288 g/mol. The first-order valence-corrected chi connectivity index (χ1v) is 6.25. The number of rotatable bonds is 2. The number of carbonyl (C=O) groups excluding carboxylic acids is 1. The second-order valence-electron chi connectivity index (χ2n) is 4.24. The van der Waals surface area contributed by atoms with E-state index in [9.17, 15) is 9.90 Å². The highest BCUT2D eigenvalue weighted by Gasteiger charge is 2.12. The van der Waals surface area contributed by atoms with Gasteiger partial charge >= 0.3 is 0 Å². The van der Waals surface area contributed by atoms with E-state index in [4.69, 9.17) is 11.6 Å². The number of aromatic nitrogens is 2. The van der Waals surface area contributed by atoms with E-state index in [1.54, 1.807) is 30.3 Å². The summed E-state index contributed by atoms with van der Waals surface area (Å²) in [5, 5.41) is 13.6. The summed E-state index contributed by atoms with van der Waals surface area (Å²) < 4.78 is 0. The van der Waals surface area contributed by atoms with E-state index >= 15 is 0 Å². The van der Waals surface area contributed by atoms with E-state index in [1.165, 1.54) is 12.3 Å². The van der Waals surface area contributed by atoms with Gasteiger partial charge in [0.15, 0.2) is 11.6 Å². The molecule has 1 amide bonds. The Balaban J connectivity index is 1.91. The Bertz CT molecular complexity index is 798. The SMILES string of the molecule is O=C(Nc1ncccc1O)c1cc2cc(Cl)ccc2[nH]1. The number of carbonyl (C=O) groups is 1. The summed E-state index contributed by atoms with van der Waals surface area (Å²) in [5.41, 5.74) is 1.18. The van der Waals surface area contributed by atoms with Crippen LogP contribution in [0.2, 0.25) is 5.02 Å². The summed E-state index contributed by atoms with van der Waals surface area (Å²) in [5.74, 6) is -0.347. The average Bonchev–Trinajstić information content (AvgIpc) is 2.84. The highest BCUT2D eigenvalue weighted by atomic mass is 35.5. The topological polar surface area (TPSA) is 78.0 Å². The van der Waals surface area contributed by atoms with Crippen LogP contribution in [0.3, 0.4) is 0 Å². The fourth-order valence-electron chi connectivity index (χ4n) is 1.89. The first-order valence-electron chi connectivity index (χ1n) is 5.87. The Morgan fingerprint density at radius 3 is 2.95 bits per heavy atom. The number of nitrogens with one attached hydrogen (secondary N) is 2. The zero-order chi connectivity index (χ0) is 14.1. The van der Waals surface area contributed by atoms with Crippen LogP contribution in [0.1, 0.15) is 10.5 Å². The van der Waals surface area contributed by atoms with Crippen LogP contribution in [-0.4, -0.2) is 21.0 Å². The predicted octanol–water partition coefficient (Wildman–Crippen LogP) is 3.17. The van der Waals surface area contributed by atoms with Crippen LogP contribution in [0.5, 0.6) is 5.75 Å². The molecule has 2 heterocycles. The van der Waals surface area contributed by atoms with Crippen molar-refractivity contribution in [2.24, 2.45) is 0 Å². The first kappa shape index (κ1) is 12.5. The normalized spacial score (nSPS) is 10.7. The summed E-state index contributed by atoms with van der Waals surface area (Å²) in [7, 11) is 0. The summed E-state index contributed by atoms with van der Waals surface area (Å²) >= 11 is 5.90. The Hall–Kier alpha value is -2.53. The van der Waals surface area contributed by atoms with Crippen molar-refractivity contribution >= 4 is 34.2 Å². The van der Waals surface area contributed by atoms with Gasteiger partial charge in [0, 0.05) is 22.1 Å². The number of pyridine rings is 1. The van der Waals surface area contributed by atoms with E-state index in [0.717, 1.165) is 10.9 Å². The third-order valence-electron chi connectivity index (χ3n) is 2.85. The highest BCUT2D eigenvalue weighted by molar-refractivity contribution is 6.31. The maximum atomic E-state index is 12.1. The lowest BCUT2D eigenvalue weighted by atomic mass is 10.2. The van der Waals surface area contributed by atoms with Gasteiger partial charge in [-0.1, -0.05) is 11.6 Å². The van der Waals surface area contributed by atoms with E-state index in [2.05, 4.69) is 15.3 Å². The number of nitrogens with zero attached hydrogens (tertiary/aromatic N) is 1. The standard InChI is InChI=1S/C14H10ClN3O2/c15-9-3-4-10-8(6-9)7-11(17-10)14(20)18-13-12(19)2-1-5-16-13/h1-7,17,19H,(H,16,18,20). The number of aromatic amines is 1. The van der Waals surface area contributed by atoms with Gasteiger partial charge in [0.1, 0.15) is 5.69 Å². The fraction of sp³-hybridized carbons (Fsp3) is 0. The molecule has 5 nitrogen and oxygen atoms in total. The maximum absolute atomic E-state index is 12.1. The summed E-state index contributed by atoms with van der Waals surface area (Å²) in [4.78, 5) is 19.0. The van der Waals surface area contributed by atoms with Gasteiger partial charge in [-0.2, -0.15) is 0 Å². The molecule has 3 N–H and O–H groups in total. The molecule has 3 aromatic rings. The van der Waals surface area contributed by atoms with Crippen LogP contribution in [0.15, 0.2) is 42.6 Å². The van der Waals surface area contributed by atoms with Gasteiger partial charge in [0.05, 0.1) is 0 Å². The number of fused-ring (bicyclic) bond motifs is 1. The minimum atomic E-state index is -0.383. The van der Waals surface area contributed by atoms with Crippen LogP contribution >= 0.6 is 11.6 Å². The Labute approximate surface area is 119 Å². The smallest absolute Gasteiger partial charge is 0.273 e. The van der Waals surface area contributed by atoms with Crippen molar-refractivity contribution in [3.63, 3.8) is 0 Å². The molecule has 0 saturated carbocycles. The second-order valence-corrected chi connectivity index (χ2v) is 4.68. The third-order valence-corrected chi connectivity index (χ3v) is 3.08. The molecule has 3 rings (SSSR count). The third kappa shape index (κ3) is 2.31. The van der Waals surface area contributed by atoms with Crippen molar-refractivity contribution in [1.29, 1.82) is 0 Å². The second kappa shape index (κ2) is 4.86. The van der Waals surface area contributed by atoms with Crippen molar-refractivity contribution in [3.05, 3.63) is 53.3 Å². The molecular weight excluding hydrogens is 278 g/mol. The molecule has 0 spiro atoms. The highest BCUT2D eigenvalue weighted by Crippen LogP contribution is 2.22. The molecule has 100 valence electrons. The Morgan fingerprint density at radius 2 is 2.15 bits per heavy atom. The van der Waals surface area contributed by atoms with Crippen LogP contribution in [0.4, 0.5) is 5.82 Å². The number of H-pyrrole nitrogens is 1. The molecule has 20 heavy (non-hydrogen) atoms. The summed E-state index contributed by atoms with van der Waals surface area (Å²) in [6, 6.07) is 10.0. The van der Waals surface area contributed by atoms with Gasteiger partial charge in [-0.05, 0) is 36.4 Å². The van der Waals surface area contributed by atoms with Crippen molar-refractivity contribution in [3.8, 4) is 5.75 Å². The fourth-order valence-corrected chi connectivity index (χ4v) is 2.07. The van der Waals surface area contributed by atoms with Gasteiger partial charge < -0.3 is 15.4 Å². The number of hydrogen-bond acceptors (Lipinski definition) is 3. The lowest BCUT2D eigenvalue weighted by Crippen LogP contribution is -2.13. The lowest BCUT2D eigenvalue weighted by molar-refractivity contribution is 0.102. The lowest BCUT2D eigenvalue weighted by Gasteiger charge is -2.03. The minimum absolute atomic E-state index is 0.0833. The summed E-state index contributed by atoms with van der Waals surface area (Å²) in [6.07, 6.45) is 1.49. The molecule has 2 aromatic heterocycles. The maximum Gasteiger partial charge on any atom is 0.273 e. The largest absolute Gasteiger partial charge is 0.504 e. The Morgan fingerprint density at radius 1 is 1.30 bits per heavy atom. The first-order chi connectivity index (χ1) is 9.63.